The second-order valence-corrected chi connectivity index (χ2v) is 11.6. The summed E-state index contributed by atoms with van der Waals surface area (Å²) < 4.78 is 5.43. The Kier molecular flexibility index (Phi) is 24.2. The quantitative estimate of drug-likeness (QED) is 0.107. The number of allylic oxidation sites excluding steroid dienone is 7. The van der Waals surface area contributed by atoms with Crippen LogP contribution in [0.15, 0.2) is 53.0 Å². The Morgan fingerprint density at radius 1 is 0.793 bits per heavy atom. The van der Waals surface area contributed by atoms with Crippen molar-refractivity contribution in [2.75, 3.05) is 18.5 Å². The van der Waals surface area contributed by atoms with Crippen molar-refractivity contribution >= 4 is 7.05 Å². The average molecular weight is 454 g/mol. The summed E-state index contributed by atoms with van der Waals surface area (Å²) in [5.41, 5.74) is 1.37. The molecule has 0 aliphatic heterocycles. The third-order valence-electron chi connectivity index (χ3n) is 5.12. The molecule has 0 saturated carbocycles. The zero-order chi connectivity index (χ0) is 20.9. The van der Waals surface area contributed by atoms with Crippen molar-refractivity contribution in [2.45, 2.75) is 98.8 Å². The molecule has 0 saturated heterocycles. The molecule has 0 unspecified atom stereocenters. The van der Waals surface area contributed by atoms with Crippen LogP contribution in [0.5, 0.6) is 0 Å². The first-order valence-corrected chi connectivity index (χ1v) is 14.2. The smallest absolute Gasteiger partial charge is 0.0425 e. The summed E-state index contributed by atoms with van der Waals surface area (Å²) in [4.78, 5) is 0. The van der Waals surface area contributed by atoms with Crippen LogP contribution in [-0.4, -0.2) is 18.5 Å². The molecule has 1 nitrogen and oxygen atoms in total. The SMILES string of the molecule is CC=CC=CC.CCCCCP(CCCCC)(CCCCC)=NC1=CC=CC1.[Ti]. The predicted octanol–water partition coefficient (Wildman–Crippen LogP) is 9.74. The van der Waals surface area contributed by atoms with Crippen LogP contribution in [0.3, 0.4) is 0 Å². The van der Waals surface area contributed by atoms with Crippen LogP contribution in [0, 0.1) is 0 Å². The molecule has 1 aliphatic rings. The summed E-state index contributed by atoms with van der Waals surface area (Å²) in [6.07, 6.45) is 32.3. The number of unbranched alkanes of at least 4 members (excludes halogenated alkanes) is 6. The molecule has 166 valence electrons. The second kappa shape index (κ2) is 22.6. The van der Waals surface area contributed by atoms with Gasteiger partial charge >= 0.3 is 0 Å². The van der Waals surface area contributed by atoms with E-state index in [1.54, 1.807) is 0 Å². The fraction of sp³-hybridized carbons (Fsp3) is 0.692. The minimum Gasteiger partial charge on any atom is -0.272 e. The van der Waals surface area contributed by atoms with Gasteiger partial charge in [-0.2, -0.15) is 0 Å². The molecule has 0 amide bonds. The molecule has 0 spiro atoms. The molecule has 0 aromatic heterocycles. The third-order valence-corrected chi connectivity index (χ3v) is 9.25. The maximum Gasteiger partial charge on any atom is 0.0425 e. The van der Waals surface area contributed by atoms with Crippen LogP contribution in [-0.2, 0) is 21.7 Å². The van der Waals surface area contributed by atoms with Crippen LogP contribution in [0.1, 0.15) is 98.8 Å². The number of hydrogen-bond donors (Lipinski definition) is 0. The van der Waals surface area contributed by atoms with Crippen molar-refractivity contribution < 1.29 is 21.7 Å². The van der Waals surface area contributed by atoms with Crippen molar-refractivity contribution in [1.29, 1.82) is 0 Å². The number of nitrogens with zero attached hydrogens (tertiary/aromatic N) is 1. The van der Waals surface area contributed by atoms with Crippen molar-refractivity contribution in [3.63, 3.8) is 0 Å². The molecule has 0 bridgehead atoms. The van der Waals surface area contributed by atoms with Crippen LogP contribution in [0.2, 0.25) is 0 Å². The molecule has 0 N–H and O–H groups in total. The number of rotatable bonds is 14. The molecule has 3 heteroatoms. The van der Waals surface area contributed by atoms with E-state index in [4.69, 9.17) is 4.74 Å². The molecule has 0 radical (unpaired) electrons. The van der Waals surface area contributed by atoms with Gasteiger partial charge in [-0.05, 0) is 64.7 Å². The standard InChI is InChI=1S/C20H38NP.C6H10.Ti/c1-4-7-12-17-22(18-13-8-5-2,19-14-9-6-3)21-20-15-10-11-16-20;1-3-5-6-4-2;/h10-11,15H,4-9,12-14,16-19H2,1-3H3;3-6H,1-2H3;. The van der Waals surface area contributed by atoms with E-state index in [1.165, 1.54) is 82.0 Å². The molecule has 0 heterocycles. The van der Waals surface area contributed by atoms with Crippen LogP contribution >= 0.6 is 7.05 Å². The van der Waals surface area contributed by atoms with Gasteiger partial charge in [0, 0.05) is 33.8 Å². The maximum absolute atomic E-state index is 5.43. The van der Waals surface area contributed by atoms with Gasteiger partial charge in [-0.15, -0.1) is 0 Å². The molecule has 0 aromatic carbocycles. The summed E-state index contributed by atoms with van der Waals surface area (Å²) in [5.74, 6) is 0. The van der Waals surface area contributed by atoms with E-state index in [2.05, 4.69) is 39.0 Å². The molecule has 1 aliphatic carbocycles. The van der Waals surface area contributed by atoms with Gasteiger partial charge in [0.05, 0.1) is 0 Å². The van der Waals surface area contributed by atoms with E-state index >= 15 is 0 Å². The fourth-order valence-electron chi connectivity index (χ4n) is 3.46. The largest absolute Gasteiger partial charge is 0.272 e. The molecule has 0 fully saturated rings. The normalized spacial score (nSPS) is 13.3. The molecular formula is C26H48NPTi. The summed E-state index contributed by atoms with van der Waals surface area (Å²) in [6.45, 7) is 10.9. The molecular weight excluding hydrogens is 405 g/mol. The Bertz CT molecular complexity index is 486. The van der Waals surface area contributed by atoms with E-state index in [9.17, 15) is 0 Å². The first kappa shape index (κ1) is 31.1. The van der Waals surface area contributed by atoms with Gasteiger partial charge < -0.3 is 0 Å². The summed E-state index contributed by atoms with van der Waals surface area (Å²) >= 11 is 0. The van der Waals surface area contributed by atoms with Crippen molar-refractivity contribution in [3.8, 4) is 0 Å². The van der Waals surface area contributed by atoms with Crippen LogP contribution < -0.4 is 0 Å². The van der Waals surface area contributed by atoms with Gasteiger partial charge in [0.15, 0.2) is 0 Å². The van der Waals surface area contributed by atoms with Gasteiger partial charge in [-0.3, -0.25) is 4.74 Å². The Labute approximate surface area is 198 Å². The van der Waals surface area contributed by atoms with Crippen LogP contribution in [0.4, 0.5) is 0 Å². The molecule has 29 heavy (non-hydrogen) atoms. The first-order chi connectivity index (χ1) is 13.7. The Balaban J connectivity index is 0. The van der Waals surface area contributed by atoms with E-state index in [-0.39, 0.29) is 21.7 Å². The van der Waals surface area contributed by atoms with E-state index < -0.39 is 7.05 Å². The third kappa shape index (κ3) is 17.3. The van der Waals surface area contributed by atoms with E-state index in [1.807, 2.05) is 38.2 Å². The fourth-order valence-corrected chi connectivity index (χ4v) is 7.56. The van der Waals surface area contributed by atoms with Gasteiger partial charge in [-0.1, -0.05) is 95.8 Å². The predicted molar refractivity (Wildman–Crippen MR) is 134 cm³/mol. The Morgan fingerprint density at radius 3 is 1.55 bits per heavy atom. The molecule has 1 rings (SSSR count). The van der Waals surface area contributed by atoms with E-state index in [0.29, 0.717) is 0 Å². The molecule has 0 atom stereocenters. The molecule has 0 aromatic rings. The van der Waals surface area contributed by atoms with Gasteiger partial charge in [0.2, 0.25) is 0 Å². The van der Waals surface area contributed by atoms with Crippen molar-refractivity contribution in [3.05, 3.63) is 48.2 Å². The van der Waals surface area contributed by atoms with E-state index in [0.717, 1.165) is 6.42 Å². The summed E-state index contributed by atoms with van der Waals surface area (Å²) in [6, 6.07) is 0. The summed E-state index contributed by atoms with van der Waals surface area (Å²) in [5, 5.41) is 0. The maximum atomic E-state index is 5.43. The van der Waals surface area contributed by atoms with Gasteiger partial charge in [0.25, 0.3) is 0 Å². The minimum atomic E-state index is -1.12. The van der Waals surface area contributed by atoms with Crippen molar-refractivity contribution in [1.82, 2.24) is 0 Å². The summed E-state index contributed by atoms with van der Waals surface area (Å²) in [7, 11) is -1.12. The van der Waals surface area contributed by atoms with Gasteiger partial charge in [-0.25, -0.2) is 0 Å². The number of hydrogen-bond acceptors (Lipinski definition) is 1. The topological polar surface area (TPSA) is 12.4 Å². The Hall–Kier alpha value is -0.0957. The zero-order valence-corrected chi connectivity index (χ0v) is 22.6. The second-order valence-electron chi connectivity index (χ2n) is 7.83. The van der Waals surface area contributed by atoms with Crippen molar-refractivity contribution in [2.24, 2.45) is 4.74 Å². The van der Waals surface area contributed by atoms with Gasteiger partial charge in [0.1, 0.15) is 0 Å². The zero-order valence-electron chi connectivity index (χ0n) is 20.1. The first-order valence-electron chi connectivity index (χ1n) is 11.9. The Morgan fingerprint density at radius 2 is 1.24 bits per heavy atom. The van der Waals surface area contributed by atoms with Crippen LogP contribution in [0.25, 0.3) is 0 Å². The average Bonchev–Trinajstić information content (AvgIpc) is 3.20. The minimum absolute atomic E-state index is 0. The monoisotopic (exact) mass is 453 g/mol.